The van der Waals surface area contributed by atoms with Crippen LogP contribution in [0.3, 0.4) is 0 Å². The summed E-state index contributed by atoms with van der Waals surface area (Å²) in [5.74, 6) is -0.817. The number of hydrogen-bond acceptors (Lipinski definition) is 6. The predicted molar refractivity (Wildman–Crippen MR) is 165 cm³/mol. The number of esters is 1. The molecule has 2 aromatic carbocycles. The van der Waals surface area contributed by atoms with Crippen LogP contribution in [0.1, 0.15) is 69.2 Å². The molecule has 1 heterocycles. The summed E-state index contributed by atoms with van der Waals surface area (Å²) in [7, 11) is 2.91. The molecule has 2 aliphatic rings. The maximum absolute atomic E-state index is 14.2. The van der Waals surface area contributed by atoms with E-state index >= 15 is 0 Å². The van der Waals surface area contributed by atoms with Gasteiger partial charge in [0.25, 0.3) is 5.91 Å². The molecule has 0 bridgehead atoms. The van der Waals surface area contributed by atoms with Gasteiger partial charge in [-0.3, -0.25) is 14.6 Å². The highest BCUT2D eigenvalue weighted by Crippen LogP contribution is 2.43. The molecule has 4 rings (SSSR count). The maximum Gasteiger partial charge on any atom is 0.305 e. The number of nitrogens with zero attached hydrogens (tertiary/aromatic N) is 2. The van der Waals surface area contributed by atoms with Crippen molar-refractivity contribution in [2.45, 2.75) is 53.4 Å². The minimum absolute atomic E-state index is 0.0206. The molecular weight excluding hydrogens is 514 g/mol. The Hall–Kier alpha value is -4.13. The van der Waals surface area contributed by atoms with Crippen molar-refractivity contribution in [3.8, 4) is 22.5 Å². The Balaban J connectivity index is 2.07. The zero-order valence-electron chi connectivity index (χ0n) is 30.6. The first-order chi connectivity index (χ1) is 22.3. The maximum atomic E-state index is 14.2. The number of amides is 1. The largest absolute Gasteiger partial charge is 0.469 e. The lowest BCUT2D eigenvalue weighted by Crippen LogP contribution is -2.28. The van der Waals surface area contributed by atoms with Crippen LogP contribution in [0.5, 0.6) is 0 Å². The fourth-order valence-electron chi connectivity index (χ4n) is 4.84. The van der Waals surface area contributed by atoms with Crippen LogP contribution >= 0.6 is 0 Å². The van der Waals surface area contributed by atoms with E-state index in [1.54, 1.807) is 26.1 Å². The molecular formula is C34H41N3O4. The van der Waals surface area contributed by atoms with Crippen LogP contribution in [0, 0.1) is 13.8 Å². The van der Waals surface area contributed by atoms with Gasteiger partial charge in [-0.15, -0.1) is 0 Å². The lowest BCUT2D eigenvalue weighted by molar-refractivity contribution is -0.140. The number of aryl methyl sites for hydroxylation is 2. The summed E-state index contributed by atoms with van der Waals surface area (Å²) in [4.78, 5) is 31.6. The third kappa shape index (κ3) is 6.62. The number of carbonyl (C=O) groups excluding carboxylic acids is 2. The Bertz CT molecular complexity index is 1910. The number of fused-ring (bicyclic) bond motifs is 2. The topological polar surface area (TPSA) is 84.1 Å². The quantitative estimate of drug-likeness (QED) is 0.121. The molecule has 41 heavy (non-hydrogen) atoms. The predicted octanol–water partition coefficient (Wildman–Crippen LogP) is 6.98. The van der Waals surface area contributed by atoms with Gasteiger partial charge in [-0.05, 0) is 75.4 Å². The number of carbonyl (C=O) groups is 2. The first kappa shape index (κ1) is 22.5. The summed E-state index contributed by atoms with van der Waals surface area (Å²) < 4.78 is 64.3. The number of benzene rings is 3. The SMILES string of the molecule is [2H]c1c([2H])c([2H])c(-c2c3cc(C)/c(=N/CC)c([2H])c-3oc3c([2H])c(NCC)c(C)cc23)c(C(=O)N(C)CCCCCC(=O)OC)c1[2H]. The number of nitrogens with one attached hydrogen (secondary N) is 1. The lowest BCUT2D eigenvalue weighted by Gasteiger charge is -2.22. The number of ether oxygens (including phenoxy) is 1. The molecule has 1 N–H and O–H groups in total. The van der Waals surface area contributed by atoms with E-state index in [9.17, 15) is 9.59 Å². The van der Waals surface area contributed by atoms with E-state index in [2.05, 4.69) is 15.0 Å². The van der Waals surface area contributed by atoms with E-state index in [-0.39, 0.29) is 59.1 Å². The van der Waals surface area contributed by atoms with Crippen LogP contribution in [0.25, 0.3) is 33.4 Å². The van der Waals surface area contributed by atoms with E-state index < -0.39 is 30.1 Å². The van der Waals surface area contributed by atoms with Crippen molar-refractivity contribution >= 4 is 28.5 Å². The molecule has 0 spiro atoms. The first-order valence-electron chi connectivity index (χ1n) is 17.0. The number of anilines is 1. The van der Waals surface area contributed by atoms with Gasteiger partial charge in [0.15, 0.2) is 0 Å². The van der Waals surface area contributed by atoms with Gasteiger partial charge in [0.2, 0.25) is 0 Å². The lowest BCUT2D eigenvalue weighted by atomic mass is 9.89. The summed E-state index contributed by atoms with van der Waals surface area (Å²) in [5.41, 5.74) is 2.41. The third-order valence-corrected chi connectivity index (χ3v) is 6.96. The van der Waals surface area contributed by atoms with Crippen molar-refractivity contribution in [2.24, 2.45) is 4.99 Å². The van der Waals surface area contributed by atoms with Gasteiger partial charge in [-0.25, -0.2) is 0 Å². The minimum atomic E-state index is -0.602. The third-order valence-electron chi connectivity index (χ3n) is 6.96. The zero-order chi connectivity index (χ0) is 34.7. The number of methoxy groups -OCH3 is 1. The molecule has 1 aliphatic heterocycles. The highest BCUT2D eigenvalue weighted by molar-refractivity contribution is 6.09. The summed E-state index contributed by atoms with van der Waals surface area (Å²) in [6, 6.07) is 1.59. The first-order valence-corrected chi connectivity index (χ1v) is 14.0. The number of rotatable bonds is 11. The van der Waals surface area contributed by atoms with E-state index in [4.69, 9.17) is 12.6 Å². The Morgan fingerprint density at radius 1 is 1.05 bits per heavy atom. The van der Waals surface area contributed by atoms with E-state index in [1.807, 2.05) is 20.8 Å². The van der Waals surface area contributed by atoms with Gasteiger partial charge in [0.05, 0.1) is 20.7 Å². The molecule has 0 radical (unpaired) electrons. The smallest absolute Gasteiger partial charge is 0.305 e. The van der Waals surface area contributed by atoms with Gasteiger partial charge in [0.1, 0.15) is 11.3 Å². The number of unbranched alkanes of at least 4 members (excludes halogenated alkanes) is 2. The van der Waals surface area contributed by atoms with E-state index in [1.165, 1.54) is 12.0 Å². The molecule has 1 aliphatic carbocycles. The molecule has 7 heteroatoms. The fraction of sp³-hybridized carbons (Fsp3) is 0.382. The van der Waals surface area contributed by atoms with Crippen molar-refractivity contribution in [1.29, 1.82) is 0 Å². The van der Waals surface area contributed by atoms with Crippen molar-refractivity contribution in [3.63, 3.8) is 0 Å². The molecule has 0 fully saturated rings. The average molecular weight is 562 g/mol. The molecule has 0 unspecified atom stereocenters. The van der Waals surface area contributed by atoms with Crippen LogP contribution < -0.4 is 10.7 Å². The van der Waals surface area contributed by atoms with Crippen LogP contribution in [-0.4, -0.2) is 50.6 Å². The van der Waals surface area contributed by atoms with E-state index in [0.717, 1.165) is 0 Å². The van der Waals surface area contributed by atoms with Gasteiger partial charge in [-0.2, -0.15) is 0 Å². The summed E-state index contributed by atoms with van der Waals surface area (Å²) in [5, 5.41) is 3.99. The van der Waals surface area contributed by atoms with E-state index in [0.29, 0.717) is 65.5 Å². The molecule has 2 aromatic rings. The van der Waals surface area contributed by atoms with Crippen molar-refractivity contribution in [3.05, 3.63) is 70.4 Å². The summed E-state index contributed by atoms with van der Waals surface area (Å²) >= 11 is 0. The second-order valence-electron chi connectivity index (χ2n) is 9.96. The zero-order valence-corrected chi connectivity index (χ0v) is 24.6. The minimum Gasteiger partial charge on any atom is -0.469 e. The second-order valence-corrected chi connectivity index (χ2v) is 9.96. The summed E-state index contributed by atoms with van der Waals surface area (Å²) in [6.07, 6.45) is 2.07. The van der Waals surface area contributed by atoms with Gasteiger partial charge < -0.3 is 19.4 Å². The molecule has 0 saturated heterocycles. The Labute approximate surface area is 251 Å². The fourth-order valence-corrected chi connectivity index (χ4v) is 4.84. The van der Waals surface area contributed by atoms with Crippen molar-refractivity contribution in [1.82, 2.24) is 4.90 Å². The summed E-state index contributed by atoms with van der Waals surface area (Å²) in [6.45, 7) is 8.64. The van der Waals surface area contributed by atoms with Gasteiger partial charge in [0, 0.05) is 73.0 Å². The van der Waals surface area contributed by atoms with Gasteiger partial charge >= 0.3 is 5.97 Å². The van der Waals surface area contributed by atoms with Gasteiger partial charge in [-0.1, -0.05) is 24.5 Å². The van der Waals surface area contributed by atoms with Crippen molar-refractivity contribution in [2.75, 3.05) is 39.1 Å². The highest BCUT2D eigenvalue weighted by Gasteiger charge is 2.24. The Kier molecular flexibility index (Phi) is 7.42. The molecule has 216 valence electrons. The highest BCUT2D eigenvalue weighted by atomic mass is 16.5. The molecule has 0 atom stereocenters. The monoisotopic (exact) mass is 561 g/mol. The van der Waals surface area contributed by atoms with Crippen LogP contribution in [0.4, 0.5) is 5.69 Å². The molecule has 0 aromatic heterocycles. The Morgan fingerprint density at radius 2 is 1.83 bits per heavy atom. The van der Waals surface area contributed by atoms with Crippen LogP contribution in [0.2, 0.25) is 0 Å². The van der Waals surface area contributed by atoms with Crippen molar-refractivity contribution < 1.29 is 27.0 Å². The molecule has 7 nitrogen and oxygen atoms in total. The average Bonchev–Trinajstić information content (AvgIpc) is 3.04. The standard InChI is InChI=1S/C34H41N3O4/c1-7-35-28-20-30-26(18-22(28)3)33(27-19-23(4)29(36-8-2)21-31(27)41-30)24-14-11-12-15-25(24)34(39)37(5)17-13-9-10-16-32(38)40-6/h11-12,14-15,18-21,35H,7-10,13,16-17H2,1-6H3/b36-29+/i11D,12D,14D,15D,20D,21D. The van der Waals surface area contributed by atoms with Crippen LogP contribution in [0.15, 0.2) is 57.8 Å². The second kappa shape index (κ2) is 13.5. The molecule has 0 saturated carbocycles. The Morgan fingerprint density at radius 3 is 2.56 bits per heavy atom. The normalized spacial score (nSPS) is 13.8. The van der Waals surface area contributed by atoms with Crippen LogP contribution in [-0.2, 0) is 9.53 Å². The molecule has 1 amide bonds. The number of hydrogen-bond donors (Lipinski definition) is 1.